The van der Waals surface area contributed by atoms with Gasteiger partial charge in [0.15, 0.2) is 0 Å². The molecule has 2 aromatic heterocycles. The monoisotopic (exact) mass is 349 g/mol. The van der Waals surface area contributed by atoms with Crippen LogP contribution < -0.4 is 5.32 Å². The van der Waals surface area contributed by atoms with E-state index in [-0.39, 0.29) is 22.9 Å². The van der Waals surface area contributed by atoms with Gasteiger partial charge in [-0.05, 0) is 44.5 Å². The Labute approximate surface area is 140 Å². The van der Waals surface area contributed by atoms with Gasteiger partial charge in [0, 0.05) is 17.1 Å². The summed E-state index contributed by atoms with van der Waals surface area (Å²) in [6, 6.07) is 5.35. The Balaban J connectivity index is 1.92. The highest BCUT2D eigenvalue weighted by molar-refractivity contribution is 6.01. The van der Waals surface area contributed by atoms with E-state index in [4.69, 9.17) is 0 Å². The third-order valence-corrected chi connectivity index (χ3v) is 3.62. The van der Waals surface area contributed by atoms with E-state index in [0.29, 0.717) is 0 Å². The predicted octanol–water partition coefficient (Wildman–Crippen LogP) is 3.32. The molecular formula is C16H14F3N5O. The van der Waals surface area contributed by atoms with Gasteiger partial charge < -0.3 is 5.32 Å². The summed E-state index contributed by atoms with van der Waals surface area (Å²) in [5.41, 5.74) is 0.747. The average Bonchev–Trinajstić information content (AvgIpc) is 2.92. The van der Waals surface area contributed by atoms with Crippen molar-refractivity contribution in [2.75, 3.05) is 5.32 Å². The fraction of sp³-hybridized carbons (Fsp3) is 0.250. The highest BCUT2D eigenvalue weighted by Crippen LogP contribution is 2.33. The number of aryl methyl sites for hydroxylation is 3. The molecule has 0 aliphatic carbocycles. The fourth-order valence-corrected chi connectivity index (χ4v) is 2.45. The van der Waals surface area contributed by atoms with Crippen molar-refractivity contribution in [2.24, 2.45) is 0 Å². The number of aromatic nitrogens is 4. The normalized spacial score (nSPS) is 11.8. The van der Waals surface area contributed by atoms with Gasteiger partial charge in [-0.15, -0.1) is 5.10 Å². The van der Waals surface area contributed by atoms with Crippen molar-refractivity contribution >= 4 is 17.4 Å². The topological polar surface area (TPSA) is 72.2 Å². The van der Waals surface area contributed by atoms with Crippen LogP contribution in [0.15, 0.2) is 24.3 Å². The first-order chi connectivity index (χ1) is 11.6. The number of carbonyl (C=O) groups is 1. The number of fused-ring (bicyclic) bond motifs is 1. The molecule has 2 heterocycles. The van der Waals surface area contributed by atoms with Crippen LogP contribution in [0.25, 0.3) is 5.78 Å². The minimum Gasteiger partial charge on any atom is -0.319 e. The molecule has 6 nitrogen and oxygen atoms in total. The second-order valence-electron chi connectivity index (χ2n) is 5.67. The van der Waals surface area contributed by atoms with E-state index in [1.165, 1.54) is 23.6 Å². The number of carbonyl (C=O) groups excluding carboxylic acids is 1. The zero-order valence-electron chi connectivity index (χ0n) is 13.6. The van der Waals surface area contributed by atoms with E-state index in [2.05, 4.69) is 20.4 Å². The molecule has 9 heteroatoms. The fourth-order valence-electron chi connectivity index (χ4n) is 2.45. The highest BCUT2D eigenvalue weighted by atomic mass is 19.4. The SMILES string of the molecule is Cc1cc(C)n2nc(C(=O)Nc3ccc(C)c(C(F)(F)F)c3)nc2n1. The van der Waals surface area contributed by atoms with Gasteiger partial charge >= 0.3 is 6.18 Å². The van der Waals surface area contributed by atoms with Gasteiger partial charge in [0.2, 0.25) is 5.82 Å². The van der Waals surface area contributed by atoms with Gasteiger partial charge in [-0.25, -0.2) is 9.50 Å². The quantitative estimate of drug-likeness (QED) is 0.770. The van der Waals surface area contributed by atoms with Gasteiger partial charge in [0.05, 0.1) is 5.56 Å². The molecular weight excluding hydrogens is 335 g/mol. The molecule has 0 saturated heterocycles. The van der Waals surface area contributed by atoms with Crippen LogP contribution in [-0.2, 0) is 6.18 Å². The standard InChI is InChI=1S/C16H14F3N5O/c1-8-4-5-11(7-12(8)16(17,18)19)21-14(25)13-22-15-20-9(2)6-10(3)24(15)23-13/h4-7H,1-3H3,(H,21,25). The lowest BCUT2D eigenvalue weighted by Gasteiger charge is -2.12. The number of nitrogens with one attached hydrogen (secondary N) is 1. The van der Waals surface area contributed by atoms with Crippen molar-refractivity contribution in [2.45, 2.75) is 26.9 Å². The van der Waals surface area contributed by atoms with Crippen molar-refractivity contribution in [3.05, 3.63) is 52.6 Å². The number of halogens is 3. The van der Waals surface area contributed by atoms with Gasteiger partial charge in [-0.1, -0.05) is 6.07 Å². The van der Waals surface area contributed by atoms with Crippen LogP contribution in [-0.4, -0.2) is 25.5 Å². The number of anilines is 1. The molecule has 0 unspecified atom stereocenters. The molecule has 0 bridgehead atoms. The van der Waals surface area contributed by atoms with Crippen molar-refractivity contribution in [3.8, 4) is 0 Å². The summed E-state index contributed by atoms with van der Waals surface area (Å²) >= 11 is 0. The molecule has 3 aromatic rings. The number of hydrogen-bond donors (Lipinski definition) is 1. The predicted molar refractivity (Wildman–Crippen MR) is 84.4 cm³/mol. The van der Waals surface area contributed by atoms with Crippen LogP contribution in [0.4, 0.5) is 18.9 Å². The number of hydrogen-bond acceptors (Lipinski definition) is 4. The Hall–Kier alpha value is -2.97. The molecule has 0 aliphatic rings. The van der Waals surface area contributed by atoms with E-state index in [0.717, 1.165) is 17.5 Å². The molecule has 130 valence electrons. The molecule has 0 radical (unpaired) electrons. The zero-order valence-corrected chi connectivity index (χ0v) is 13.6. The molecule has 0 fully saturated rings. The Morgan fingerprint density at radius 3 is 2.52 bits per heavy atom. The molecule has 25 heavy (non-hydrogen) atoms. The van der Waals surface area contributed by atoms with Gasteiger partial charge in [0.25, 0.3) is 11.7 Å². The van der Waals surface area contributed by atoms with E-state index >= 15 is 0 Å². The van der Waals surface area contributed by atoms with Crippen LogP contribution in [0.5, 0.6) is 0 Å². The Bertz CT molecular complexity index is 978. The summed E-state index contributed by atoms with van der Waals surface area (Å²) < 4.78 is 40.3. The van der Waals surface area contributed by atoms with Crippen LogP contribution in [0, 0.1) is 20.8 Å². The maximum atomic E-state index is 13.0. The number of rotatable bonds is 2. The third-order valence-electron chi connectivity index (χ3n) is 3.62. The Kier molecular flexibility index (Phi) is 3.94. The molecule has 0 saturated carbocycles. The summed E-state index contributed by atoms with van der Waals surface area (Å²) in [6.07, 6.45) is -4.50. The van der Waals surface area contributed by atoms with E-state index in [1.54, 1.807) is 19.9 Å². The minimum absolute atomic E-state index is 0.0163. The van der Waals surface area contributed by atoms with Crippen LogP contribution in [0.1, 0.15) is 33.1 Å². The highest BCUT2D eigenvalue weighted by Gasteiger charge is 2.32. The van der Waals surface area contributed by atoms with Crippen molar-refractivity contribution in [3.63, 3.8) is 0 Å². The second kappa shape index (κ2) is 5.83. The van der Waals surface area contributed by atoms with Gasteiger partial charge in [-0.2, -0.15) is 18.2 Å². The molecule has 3 rings (SSSR count). The van der Waals surface area contributed by atoms with Gasteiger partial charge in [-0.3, -0.25) is 4.79 Å². The summed E-state index contributed by atoms with van der Waals surface area (Å²) in [6.45, 7) is 4.93. The molecule has 0 aliphatic heterocycles. The molecule has 1 amide bonds. The first-order valence-electron chi connectivity index (χ1n) is 7.35. The summed E-state index contributed by atoms with van der Waals surface area (Å²) in [5.74, 6) is -0.627. The molecule has 1 aromatic carbocycles. The smallest absolute Gasteiger partial charge is 0.319 e. The Morgan fingerprint density at radius 1 is 1.12 bits per heavy atom. The zero-order chi connectivity index (χ0) is 18.4. The number of alkyl halides is 3. The largest absolute Gasteiger partial charge is 0.416 e. The molecule has 1 N–H and O–H groups in total. The third kappa shape index (κ3) is 3.30. The lowest BCUT2D eigenvalue weighted by Crippen LogP contribution is -2.15. The van der Waals surface area contributed by atoms with E-state index < -0.39 is 17.6 Å². The summed E-state index contributed by atoms with van der Waals surface area (Å²) in [5, 5.41) is 6.43. The first kappa shape index (κ1) is 16.9. The maximum absolute atomic E-state index is 13.0. The van der Waals surface area contributed by atoms with Crippen molar-refractivity contribution in [1.29, 1.82) is 0 Å². The van der Waals surface area contributed by atoms with E-state index in [1.807, 2.05) is 0 Å². The van der Waals surface area contributed by atoms with Crippen LogP contribution in [0.3, 0.4) is 0 Å². The first-order valence-corrected chi connectivity index (χ1v) is 7.35. The van der Waals surface area contributed by atoms with E-state index in [9.17, 15) is 18.0 Å². The maximum Gasteiger partial charge on any atom is 0.416 e. The van der Waals surface area contributed by atoms with Crippen LogP contribution >= 0.6 is 0 Å². The average molecular weight is 349 g/mol. The summed E-state index contributed by atoms with van der Waals surface area (Å²) in [4.78, 5) is 20.5. The van der Waals surface area contributed by atoms with Crippen LogP contribution in [0.2, 0.25) is 0 Å². The lowest BCUT2D eigenvalue weighted by molar-refractivity contribution is -0.138. The van der Waals surface area contributed by atoms with Gasteiger partial charge in [0.1, 0.15) is 0 Å². The number of amides is 1. The Morgan fingerprint density at radius 2 is 1.84 bits per heavy atom. The van der Waals surface area contributed by atoms with Crippen molar-refractivity contribution in [1.82, 2.24) is 19.6 Å². The lowest BCUT2D eigenvalue weighted by atomic mass is 10.1. The number of nitrogens with zero attached hydrogens (tertiary/aromatic N) is 4. The minimum atomic E-state index is -4.50. The van der Waals surface area contributed by atoms with Crippen molar-refractivity contribution < 1.29 is 18.0 Å². The number of benzene rings is 1. The molecule has 0 spiro atoms. The second-order valence-corrected chi connectivity index (χ2v) is 5.67. The summed E-state index contributed by atoms with van der Waals surface area (Å²) in [7, 11) is 0. The molecule has 0 atom stereocenters.